The van der Waals surface area contributed by atoms with Gasteiger partial charge >= 0.3 is 5.97 Å². The molecule has 2 aromatic rings. The molecule has 2 aliphatic carbocycles. The van der Waals surface area contributed by atoms with Gasteiger partial charge < -0.3 is 4.74 Å². The number of imide groups is 1. The molecule has 0 spiro atoms. The van der Waals surface area contributed by atoms with Crippen LogP contribution in [0.3, 0.4) is 0 Å². The van der Waals surface area contributed by atoms with Gasteiger partial charge in [-0.1, -0.05) is 23.8 Å². The molecular formula is C23H21NO4. The largest absolute Gasteiger partial charge is 0.423 e. The van der Waals surface area contributed by atoms with E-state index in [2.05, 4.69) is 0 Å². The molecule has 0 aromatic heterocycles. The van der Waals surface area contributed by atoms with Gasteiger partial charge in [0.25, 0.3) is 0 Å². The van der Waals surface area contributed by atoms with E-state index in [9.17, 15) is 14.4 Å². The van der Waals surface area contributed by atoms with Crippen molar-refractivity contribution in [2.75, 3.05) is 4.90 Å². The number of esters is 1. The highest BCUT2D eigenvalue weighted by Crippen LogP contribution is 2.56. The van der Waals surface area contributed by atoms with Crippen LogP contribution in [0, 0.1) is 30.6 Å². The Hall–Kier alpha value is -2.95. The number of carbonyl (C=O) groups excluding carboxylic acids is 3. The first-order valence-electron chi connectivity index (χ1n) is 9.79. The number of ether oxygens (including phenoxy) is 1. The first-order valence-corrected chi connectivity index (χ1v) is 9.79. The number of anilines is 1. The molecule has 2 bridgehead atoms. The van der Waals surface area contributed by atoms with Crippen LogP contribution in [0.25, 0.3) is 0 Å². The molecule has 1 aliphatic heterocycles. The zero-order valence-corrected chi connectivity index (χ0v) is 15.6. The summed E-state index contributed by atoms with van der Waals surface area (Å²) in [6, 6.07) is 13.8. The molecule has 3 fully saturated rings. The van der Waals surface area contributed by atoms with E-state index < -0.39 is 5.97 Å². The maximum atomic E-state index is 13.0. The minimum Gasteiger partial charge on any atom is -0.423 e. The number of carbonyl (C=O) groups is 3. The van der Waals surface area contributed by atoms with Gasteiger partial charge in [0.1, 0.15) is 5.75 Å². The molecule has 1 saturated heterocycles. The lowest BCUT2D eigenvalue weighted by molar-refractivity contribution is -0.123. The Kier molecular flexibility index (Phi) is 3.86. The number of aryl methyl sites for hydroxylation is 1. The Morgan fingerprint density at radius 2 is 1.61 bits per heavy atom. The van der Waals surface area contributed by atoms with E-state index in [0.29, 0.717) is 28.8 Å². The number of benzene rings is 2. The molecule has 5 rings (SSSR count). The lowest BCUT2D eigenvalue weighted by Crippen LogP contribution is -2.32. The Morgan fingerprint density at radius 3 is 2.25 bits per heavy atom. The van der Waals surface area contributed by atoms with E-state index in [4.69, 9.17) is 4.74 Å². The molecule has 28 heavy (non-hydrogen) atoms. The second kappa shape index (κ2) is 6.30. The van der Waals surface area contributed by atoms with Crippen molar-refractivity contribution in [1.29, 1.82) is 0 Å². The van der Waals surface area contributed by atoms with Crippen molar-refractivity contribution in [3.05, 3.63) is 59.7 Å². The molecule has 3 aliphatic rings. The van der Waals surface area contributed by atoms with E-state index in [-0.39, 0.29) is 23.7 Å². The monoisotopic (exact) mass is 375 g/mol. The third-order valence-corrected chi connectivity index (χ3v) is 6.50. The van der Waals surface area contributed by atoms with Crippen LogP contribution >= 0.6 is 0 Å². The molecule has 0 N–H and O–H groups in total. The van der Waals surface area contributed by atoms with Crippen molar-refractivity contribution in [1.82, 2.24) is 0 Å². The van der Waals surface area contributed by atoms with E-state index in [1.54, 1.807) is 36.4 Å². The zero-order chi connectivity index (χ0) is 19.4. The minimum atomic E-state index is -0.467. The fraction of sp³-hybridized carbons (Fsp3) is 0.348. The standard InChI is InChI=1S/C23H21NO4/c1-13-5-7-14(8-6-13)23(27)28-18-4-2-3-17(12-18)24-21(25)19-15-9-10-16(11-15)20(19)22(24)26/h2-8,12,15-16,19-20H,9-11H2,1H3. The van der Waals surface area contributed by atoms with Crippen molar-refractivity contribution < 1.29 is 19.1 Å². The summed E-state index contributed by atoms with van der Waals surface area (Å²) in [5, 5.41) is 0. The topological polar surface area (TPSA) is 63.7 Å². The van der Waals surface area contributed by atoms with Crippen LogP contribution < -0.4 is 9.64 Å². The van der Waals surface area contributed by atoms with Crippen molar-refractivity contribution >= 4 is 23.5 Å². The molecule has 4 atom stereocenters. The van der Waals surface area contributed by atoms with E-state index >= 15 is 0 Å². The summed E-state index contributed by atoms with van der Waals surface area (Å²) in [5.74, 6) is 0.0382. The number of nitrogens with zero attached hydrogens (tertiary/aromatic N) is 1. The third kappa shape index (κ3) is 2.57. The molecular weight excluding hydrogens is 354 g/mol. The lowest BCUT2D eigenvalue weighted by atomic mass is 9.81. The summed E-state index contributed by atoms with van der Waals surface area (Å²) in [4.78, 5) is 39.6. The predicted molar refractivity (Wildman–Crippen MR) is 103 cm³/mol. The van der Waals surface area contributed by atoms with Crippen molar-refractivity contribution in [3.63, 3.8) is 0 Å². The fourth-order valence-corrected chi connectivity index (χ4v) is 5.20. The number of fused-ring (bicyclic) bond motifs is 5. The summed E-state index contributed by atoms with van der Waals surface area (Å²) in [7, 11) is 0. The smallest absolute Gasteiger partial charge is 0.343 e. The van der Waals surface area contributed by atoms with E-state index in [1.165, 1.54) is 4.90 Å². The van der Waals surface area contributed by atoms with Gasteiger partial charge in [-0.15, -0.1) is 0 Å². The highest BCUT2D eigenvalue weighted by atomic mass is 16.5. The highest BCUT2D eigenvalue weighted by Gasteiger charge is 2.61. The maximum absolute atomic E-state index is 13.0. The highest BCUT2D eigenvalue weighted by molar-refractivity contribution is 6.22. The van der Waals surface area contributed by atoms with E-state index in [1.807, 2.05) is 19.1 Å². The number of rotatable bonds is 3. The van der Waals surface area contributed by atoms with Crippen LogP contribution in [0.15, 0.2) is 48.5 Å². The van der Waals surface area contributed by atoms with Gasteiger partial charge in [-0.2, -0.15) is 0 Å². The third-order valence-electron chi connectivity index (χ3n) is 6.50. The second-order valence-electron chi connectivity index (χ2n) is 8.15. The Morgan fingerprint density at radius 1 is 0.964 bits per heavy atom. The normalized spacial score (nSPS) is 28.0. The van der Waals surface area contributed by atoms with Gasteiger partial charge in [0, 0.05) is 6.07 Å². The lowest BCUT2D eigenvalue weighted by Gasteiger charge is -2.19. The molecule has 0 radical (unpaired) electrons. The van der Waals surface area contributed by atoms with Gasteiger partial charge in [0.15, 0.2) is 0 Å². The predicted octanol–water partition coefficient (Wildman–Crippen LogP) is 3.75. The van der Waals surface area contributed by atoms with Gasteiger partial charge in [-0.3, -0.25) is 9.59 Å². The molecule has 2 aromatic carbocycles. The van der Waals surface area contributed by atoms with E-state index in [0.717, 1.165) is 24.8 Å². The first-order chi connectivity index (χ1) is 13.5. The average Bonchev–Trinajstić information content (AvgIpc) is 3.36. The van der Waals surface area contributed by atoms with Crippen molar-refractivity contribution in [2.45, 2.75) is 26.2 Å². The van der Waals surface area contributed by atoms with Gasteiger partial charge in [-0.25, -0.2) is 9.69 Å². The van der Waals surface area contributed by atoms with Crippen molar-refractivity contribution in [2.24, 2.45) is 23.7 Å². The molecule has 142 valence electrons. The quantitative estimate of drug-likeness (QED) is 0.466. The van der Waals surface area contributed by atoms with Gasteiger partial charge in [-0.05, 0) is 62.3 Å². The van der Waals surface area contributed by atoms with Crippen LogP contribution in [-0.4, -0.2) is 17.8 Å². The number of hydrogen-bond acceptors (Lipinski definition) is 4. The SMILES string of the molecule is Cc1ccc(C(=O)Oc2cccc(N3C(=O)C4C5CCC(C5)C4C3=O)c2)cc1. The number of amides is 2. The summed E-state index contributed by atoms with van der Waals surface area (Å²) < 4.78 is 5.47. The van der Waals surface area contributed by atoms with Crippen molar-refractivity contribution in [3.8, 4) is 5.75 Å². The summed E-state index contributed by atoms with van der Waals surface area (Å²) in [5.41, 5.74) is 2.00. The number of hydrogen-bond donors (Lipinski definition) is 0. The molecule has 4 unspecified atom stereocenters. The molecule has 5 nitrogen and oxygen atoms in total. The van der Waals surface area contributed by atoms with Crippen LogP contribution in [0.2, 0.25) is 0 Å². The van der Waals surface area contributed by atoms with Gasteiger partial charge in [0.2, 0.25) is 11.8 Å². The molecule has 5 heteroatoms. The summed E-state index contributed by atoms with van der Waals surface area (Å²) in [6.07, 6.45) is 3.11. The van der Waals surface area contributed by atoms with Crippen LogP contribution in [0.5, 0.6) is 5.75 Å². The van der Waals surface area contributed by atoms with Crippen LogP contribution in [-0.2, 0) is 9.59 Å². The fourth-order valence-electron chi connectivity index (χ4n) is 5.20. The first kappa shape index (κ1) is 17.2. The maximum Gasteiger partial charge on any atom is 0.343 e. The van der Waals surface area contributed by atoms with Gasteiger partial charge in [0.05, 0.1) is 23.1 Å². The second-order valence-corrected chi connectivity index (χ2v) is 8.15. The zero-order valence-electron chi connectivity index (χ0n) is 15.6. The van der Waals surface area contributed by atoms with Crippen LogP contribution in [0.1, 0.15) is 35.2 Å². The molecule has 2 saturated carbocycles. The summed E-state index contributed by atoms with van der Waals surface area (Å²) in [6.45, 7) is 1.95. The Bertz CT molecular complexity index is 952. The molecule has 1 heterocycles. The average molecular weight is 375 g/mol. The Labute approximate surface area is 163 Å². The minimum absolute atomic E-state index is 0.0933. The van der Waals surface area contributed by atoms with Crippen LogP contribution in [0.4, 0.5) is 5.69 Å². The molecule has 2 amide bonds. The Balaban J connectivity index is 1.39. The summed E-state index contributed by atoms with van der Waals surface area (Å²) >= 11 is 0.